The molecule has 0 saturated carbocycles. The van der Waals surface area contributed by atoms with Crippen molar-refractivity contribution in [1.29, 1.82) is 0 Å². The molecule has 0 spiro atoms. The third kappa shape index (κ3) is 5.24. The minimum atomic E-state index is -4.02. The topological polar surface area (TPSA) is 75.7 Å². The molecule has 0 saturated heterocycles. The molecule has 7 heteroatoms. The van der Waals surface area contributed by atoms with Crippen LogP contribution in [0.25, 0.3) is 0 Å². The van der Waals surface area contributed by atoms with E-state index < -0.39 is 22.5 Å². The first kappa shape index (κ1) is 22.4. The number of carbonyl (C=O) groups excluding carboxylic acids is 1. The lowest BCUT2D eigenvalue weighted by atomic mass is 10.2. The van der Waals surface area contributed by atoms with Gasteiger partial charge in [0.05, 0.1) is 17.2 Å². The van der Waals surface area contributed by atoms with Crippen LogP contribution in [-0.2, 0) is 14.8 Å². The highest BCUT2D eigenvalue weighted by atomic mass is 32.2. The number of hydrogen-bond donors (Lipinski definition) is 1. The van der Waals surface area contributed by atoms with Gasteiger partial charge in [0.2, 0.25) is 5.91 Å². The molecule has 3 aromatic carbocycles. The van der Waals surface area contributed by atoms with E-state index in [1.165, 1.54) is 0 Å². The fourth-order valence-corrected chi connectivity index (χ4v) is 4.54. The van der Waals surface area contributed by atoms with E-state index in [-0.39, 0.29) is 4.90 Å². The highest BCUT2D eigenvalue weighted by molar-refractivity contribution is 7.92. The molecule has 0 aromatic heterocycles. The van der Waals surface area contributed by atoms with E-state index in [4.69, 9.17) is 4.74 Å². The van der Waals surface area contributed by atoms with Gasteiger partial charge in [0.1, 0.15) is 12.3 Å². The molecule has 3 aromatic rings. The predicted octanol–water partition coefficient (Wildman–Crippen LogP) is 4.54. The summed E-state index contributed by atoms with van der Waals surface area (Å²) in [6.45, 7) is 5.55. The minimum Gasteiger partial charge on any atom is -0.492 e. The van der Waals surface area contributed by atoms with E-state index >= 15 is 0 Å². The van der Waals surface area contributed by atoms with Crippen molar-refractivity contribution in [3.05, 3.63) is 83.9 Å². The van der Waals surface area contributed by atoms with E-state index in [0.29, 0.717) is 23.7 Å². The summed E-state index contributed by atoms with van der Waals surface area (Å²) in [6, 6.07) is 20.7. The molecule has 0 aliphatic heterocycles. The van der Waals surface area contributed by atoms with Gasteiger partial charge in [-0.05, 0) is 56.7 Å². The van der Waals surface area contributed by atoms with Crippen LogP contribution in [0.3, 0.4) is 0 Å². The van der Waals surface area contributed by atoms with Crippen LogP contribution in [0.4, 0.5) is 11.4 Å². The Balaban J connectivity index is 2.01. The summed E-state index contributed by atoms with van der Waals surface area (Å²) in [5.74, 6) is -0.0549. The van der Waals surface area contributed by atoms with Crippen molar-refractivity contribution >= 4 is 27.3 Å². The second-order valence-electron chi connectivity index (χ2n) is 7.09. The normalized spacial score (nSPS) is 11.1. The van der Waals surface area contributed by atoms with Crippen molar-refractivity contribution < 1.29 is 17.9 Å². The largest absolute Gasteiger partial charge is 0.492 e. The van der Waals surface area contributed by atoms with Gasteiger partial charge in [-0.25, -0.2) is 8.42 Å². The Kier molecular flexibility index (Phi) is 6.97. The Bertz CT molecular complexity index is 1160. The molecule has 162 valence electrons. The SMILES string of the molecule is CCOc1ccccc1N(CC(=O)Nc1ccccc1C)S(=O)(=O)c1ccc(C)cc1. The lowest BCUT2D eigenvalue weighted by Crippen LogP contribution is -2.38. The van der Waals surface area contributed by atoms with Crippen LogP contribution in [0.2, 0.25) is 0 Å². The zero-order valence-electron chi connectivity index (χ0n) is 17.8. The van der Waals surface area contributed by atoms with Gasteiger partial charge in [0.25, 0.3) is 10.0 Å². The van der Waals surface area contributed by atoms with Crippen LogP contribution in [-0.4, -0.2) is 27.5 Å². The monoisotopic (exact) mass is 438 g/mol. The van der Waals surface area contributed by atoms with Crippen LogP contribution in [0.15, 0.2) is 77.7 Å². The van der Waals surface area contributed by atoms with Crippen LogP contribution < -0.4 is 14.4 Å². The smallest absolute Gasteiger partial charge is 0.264 e. The number of ether oxygens (including phenoxy) is 1. The quantitative estimate of drug-likeness (QED) is 0.560. The van der Waals surface area contributed by atoms with Gasteiger partial charge >= 0.3 is 0 Å². The van der Waals surface area contributed by atoms with Crippen molar-refractivity contribution in [2.24, 2.45) is 0 Å². The first-order valence-corrected chi connectivity index (χ1v) is 11.4. The Morgan fingerprint density at radius 2 is 1.58 bits per heavy atom. The predicted molar refractivity (Wildman–Crippen MR) is 123 cm³/mol. The standard InChI is InChI=1S/C24H26N2O4S/c1-4-30-23-12-8-7-11-22(23)26(31(28,29)20-15-13-18(2)14-16-20)17-24(27)25-21-10-6-5-9-19(21)3/h5-16H,4,17H2,1-3H3,(H,25,27). The molecule has 0 fully saturated rings. The molecular formula is C24H26N2O4S. The van der Waals surface area contributed by atoms with E-state index in [0.717, 1.165) is 15.4 Å². The average Bonchev–Trinajstić information content (AvgIpc) is 2.75. The zero-order chi connectivity index (χ0) is 22.4. The number of nitrogens with one attached hydrogen (secondary N) is 1. The van der Waals surface area contributed by atoms with Crippen molar-refractivity contribution in [3.8, 4) is 5.75 Å². The van der Waals surface area contributed by atoms with Gasteiger partial charge in [0, 0.05) is 5.69 Å². The molecule has 3 rings (SSSR count). The van der Waals surface area contributed by atoms with Gasteiger partial charge in [0.15, 0.2) is 0 Å². The summed E-state index contributed by atoms with van der Waals surface area (Å²) in [4.78, 5) is 13.0. The third-order valence-corrected chi connectivity index (χ3v) is 6.52. The number of amides is 1. The number of nitrogens with zero attached hydrogens (tertiary/aromatic N) is 1. The summed E-state index contributed by atoms with van der Waals surface area (Å²) < 4.78 is 33.8. The molecular weight excluding hydrogens is 412 g/mol. The molecule has 0 atom stereocenters. The second-order valence-corrected chi connectivity index (χ2v) is 8.95. The summed E-state index contributed by atoms with van der Waals surface area (Å²) in [5, 5.41) is 2.81. The molecule has 0 bridgehead atoms. The Labute approximate surface area is 183 Å². The molecule has 0 aliphatic carbocycles. The first-order chi connectivity index (χ1) is 14.8. The van der Waals surface area contributed by atoms with E-state index in [2.05, 4.69) is 5.32 Å². The summed E-state index contributed by atoms with van der Waals surface area (Å²) in [5.41, 5.74) is 2.78. The fourth-order valence-electron chi connectivity index (χ4n) is 3.11. The number of para-hydroxylation sites is 3. The molecule has 1 N–H and O–H groups in total. The van der Waals surface area contributed by atoms with Crippen LogP contribution >= 0.6 is 0 Å². The van der Waals surface area contributed by atoms with Gasteiger partial charge in [-0.3, -0.25) is 9.10 Å². The van der Waals surface area contributed by atoms with Crippen molar-refractivity contribution in [2.75, 3.05) is 22.8 Å². The maximum absolute atomic E-state index is 13.5. The number of benzene rings is 3. The van der Waals surface area contributed by atoms with Crippen LogP contribution in [0.5, 0.6) is 5.75 Å². The summed E-state index contributed by atoms with van der Waals surface area (Å²) in [7, 11) is -4.02. The highest BCUT2D eigenvalue weighted by Gasteiger charge is 2.29. The average molecular weight is 439 g/mol. The highest BCUT2D eigenvalue weighted by Crippen LogP contribution is 2.32. The summed E-state index contributed by atoms with van der Waals surface area (Å²) >= 11 is 0. The molecule has 31 heavy (non-hydrogen) atoms. The Hall–Kier alpha value is -3.32. The van der Waals surface area contributed by atoms with Crippen LogP contribution in [0.1, 0.15) is 18.1 Å². The van der Waals surface area contributed by atoms with E-state index in [9.17, 15) is 13.2 Å². The van der Waals surface area contributed by atoms with Gasteiger partial charge < -0.3 is 10.1 Å². The summed E-state index contributed by atoms with van der Waals surface area (Å²) in [6.07, 6.45) is 0. The molecule has 1 amide bonds. The second kappa shape index (κ2) is 9.66. The number of carbonyl (C=O) groups is 1. The van der Waals surface area contributed by atoms with Crippen molar-refractivity contribution in [2.45, 2.75) is 25.7 Å². The van der Waals surface area contributed by atoms with E-state index in [1.54, 1.807) is 54.6 Å². The van der Waals surface area contributed by atoms with Gasteiger partial charge in [-0.1, -0.05) is 48.0 Å². The Morgan fingerprint density at radius 3 is 2.26 bits per heavy atom. The Morgan fingerprint density at radius 1 is 0.935 bits per heavy atom. The van der Waals surface area contributed by atoms with Crippen molar-refractivity contribution in [1.82, 2.24) is 0 Å². The first-order valence-electron chi connectivity index (χ1n) is 9.99. The lowest BCUT2D eigenvalue weighted by Gasteiger charge is -2.26. The van der Waals surface area contributed by atoms with E-state index in [1.807, 2.05) is 39.0 Å². The number of aryl methyl sites for hydroxylation is 2. The number of rotatable bonds is 8. The maximum atomic E-state index is 13.5. The number of anilines is 2. The third-order valence-electron chi connectivity index (χ3n) is 4.75. The van der Waals surface area contributed by atoms with Crippen LogP contribution in [0, 0.1) is 13.8 Å². The fraction of sp³-hybridized carbons (Fsp3) is 0.208. The number of hydrogen-bond acceptors (Lipinski definition) is 4. The lowest BCUT2D eigenvalue weighted by molar-refractivity contribution is -0.114. The molecule has 0 aliphatic rings. The number of sulfonamides is 1. The minimum absolute atomic E-state index is 0.105. The molecule has 0 radical (unpaired) electrons. The zero-order valence-corrected chi connectivity index (χ0v) is 18.6. The van der Waals surface area contributed by atoms with Gasteiger partial charge in [-0.15, -0.1) is 0 Å². The molecule has 0 unspecified atom stereocenters. The molecule has 6 nitrogen and oxygen atoms in total. The maximum Gasteiger partial charge on any atom is 0.264 e. The van der Waals surface area contributed by atoms with Gasteiger partial charge in [-0.2, -0.15) is 0 Å². The van der Waals surface area contributed by atoms with Crippen molar-refractivity contribution in [3.63, 3.8) is 0 Å². The molecule has 0 heterocycles.